The van der Waals surface area contributed by atoms with E-state index in [0.717, 1.165) is 47.3 Å². The summed E-state index contributed by atoms with van der Waals surface area (Å²) in [5.41, 5.74) is 8.78. The molecule has 35 heavy (non-hydrogen) atoms. The molecule has 1 aromatic carbocycles. The van der Waals surface area contributed by atoms with Gasteiger partial charge in [0.15, 0.2) is 0 Å². The summed E-state index contributed by atoms with van der Waals surface area (Å²) in [6.45, 7) is 12.1. The topological polar surface area (TPSA) is 80.6 Å². The minimum absolute atomic E-state index is 0.0424. The summed E-state index contributed by atoms with van der Waals surface area (Å²) in [5, 5.41) is 9.47. The van der Waals surface area contributed by atoms with E-state index >= 15 is 0 Å². The van der Waals surface area contributed by atoms with Crippen molar-refractivity contribution in [1.29, 1.82) is 5.26 Å². The van der Waals surface area contributed by atoms with E-state index in [1.54, 1.807) is 24.0 Å². The molecule has 1 aliphatic heterocycles. The van der Waals surface area contributed by atoms with Gasteiger partial charge in [-0.25, -0.2) is 9.38 Å². The fourth-order valence-electron chi connectivity index (χ4n) is 4.28. The Balaban J connectivity index is 1.85. The Kier molecular flexibility index (Phi) is 10.1. The van der Waals surface area contributed by atoms with Crippen molar-refractivity contribution in [1.82, 2.24) is 0 Å². The van der Waals surface area contributed by atoms with Crippen molar-refractivity contribution in [3.05, 3.63) is 64.2 Å². The summed E-state index contributed by atoms with van der Waals surface area (Å²) in [4.78, 5) is 5.50. The molecule has 0 spiro atoms. The monoisotopic (exact) mass is 497 g/mol. The number of halogens is 1. The molecule has 0 bridgehead atoms. The molecule has 0 amide bonds. The second-order valence-electron chi connectivity index (χ2n) is 9.37. The van der Waals surface area contributed by atoms with Crippen LogP contribution in [-0.4, -0.2) is 37.3 Å². The van der Waals surface area contributed by atoms with Crippen LogP contribution in [0.1, 0.15) is 57.6 Å². The largest absolute Gasteiger partial charge is 0.478 e. The molecule has 5 nitrogen and oxygen atoms in total. The van der Waals surface area contributed by atoms with Crippen LogP contribution in [-0.2, 0) is 9.47 Å². The third-order valence-electron chi connectivity index (χ3n) is 6.76. The first-order chi connectivity index (χ1) is 16.8. The highest BCUT2D eigenvalue weighted by atomic mass is 32.2. The van der Waals surface area contributed by atoms with E-state index in [0.29, 0.717) is 48.8 Å². The lowest BCUT2D eigenvalue weighted by atomic mass is 9.85. The highest BCUT2D eigenvalue weighted by Gasteiger charge is 2.26. The van der Waals surface area contributed by atoms with Crippen LogP contribution in [0.5, 0.6) is 0 Å². The molecule has 1 heterocycles. The summed E-state index contributed by atoms with van der Waals surface area (Å²) in [6.07, 6.45) is 8.11. The Morgan fingerprint density at radius 2 is 2.09 bits per heavy atom. The Morgan fingerprint density at radius 1 is 1.37 bits per heavy atom. The van der Waals surface area contributed by atoms with Gasteiger partial charge in [-0.05, 0) is 75.3 Å². The summed E-state index contributed by atoms with van der Waals surface area (Å²) < 4.78 is 25.3. The van der Waals surface area contributed by atoms with Crippen LogP contribution in [0.25, 0.3) is 5.57 Å². The second kappa shape index (κ2) is 13.1. The van der Waals surface area contributed by atoms with Crippen LogP contribution in [0.15, 0.2) is 52.2 Å². The van der Waals surface area contributed by atoms with Gasteiger partial charge in [0.25, 0.3) is 0 Å². The zero-order valence-electron chi connectivity index (χ0n) is 20.9. The summed E-state index contributed by atoms with van der Waals surface area (Å²) in [5.74, 6) is 0.808. The SMILES string of the molecule is C=C(\N=C/C(=C\C)C(/SC(C)C1CCC(N)CC1)=C(/C)c1ccc(C#N)c(F)c1)OCC1COC1. The van der Waals surface area contributed by atoms with E-state index < -0.39 is 5.82 Å². The van der Waals surface area contributed by atoms with Gasteiger partial charge in [-0.1, -0.05) is 19.1 Å². The number of aliphatic imine (C=N–C) groups is 1. The second-order valence-corrected chi connectivity index (χ2v) is 10.8. The molecular weight excluding hydrogens is 461 g/mol. The van der Waals surface area contributed by atoms with E-state index in [1.165, 1.54) is 12.1 Å². The highest BCUT2D eigenvalue weighted by Crippen LogP contribution is 2.41. The van der Waals surface area contributed by atoms with E-state index in [9.17, 15) is 4.39 Å². The van der Waals surface area contributed by atoms with E-state index in [-0.39, 0.29) is 5.56 Å². The fourth-order valence-corrected chi connectivity index (χ4v) is 5.72. The van der Waals surface area contributed by atoms with Gasteiger partial charge in [0.05, 0.1) is 25.4 Å². The molecule has 0 aromatic heterocycles. The molecule has 1 saturated heterocycles. The Hall–Kier alpha value is -2.40. The molecule has 1 aromatic rings. The Labute approximate surface area is 213 Å². The third kappa shape index (κ3) is 7.54. The van der Waals surface area contributed by atoms with E-state index in [1.807, 2.05) is 26.0 Å². The van der Waals surface area contributed by atoms with Gasteiger partial charge < -0.3 is 15.2 Å². The molecule has 3 rings (SSSR count). The number of rotatable bonds is 10. The molecule has 2 N–H and O–H groups in total. The molecule has 1 unspecified atom stereocenters. The number of nitriles is 1. The number of benzene rings is 1. The molecule has 1 aliphatic carbocycles. The Morgan fingerprint density at radius 3 is 2.66 bits per heavy atom. The van der Waals surface area contributed by atoms with Crippen molar-refractivity contribution in [2.24, 2.45) is 22.6 Å². The number of hydrogen-bond acceptors (Lipinski definition) is 6. The smallest absolute Gasteiger partial charge is 0.205 e. The predicted octanol–water partition coefficient (Wildman–Crippen LogP) is 6.22. The first-order valence-electron chi connectivity index (χ1n) is 12.3. The first kappa shape index (κ1) is 27.2. The van der Waals surface area contributed by atoms with Crippen LogP contribution in [0.4, 0.5) is 4.39 Å². The van der Waals surface area contributed by atoms with Gasteiger partial charge in [-0.2, -0.15) is 5.26 Å². The molecule has 1 atom stereocenters. The average Bonchev–Trinajstić information content (AvgIpc) is 2.82. The lowest BCUT2D eigenvalue weighted by Crippen LogP contribution is -2.31. The fraction of sp³-hybridized carbons (Fsp3) is 0.500. The average molecular weight is 498 g/mol. The minimum Gasteiger partial charge on any atom is -0.478 e. The van der Waals surface area contributed by atoms with Gasteiger partial charge in [-0.3, -0.25) is 0 Å². The lowest BCUT2D eigenvalue weighted by Gasteiger charge is -2.31. The Bertz CT molecular complexity index is 1030. The van der Waals surface area contributed by atoms with Gasteiger partial charge >= 0.3 is 0 Å². The molecule has 1 saturated carbocycles. The molecule has 0 radical (unpaired) electrons. The maximum atomic E-state index is 14.4. The van der Waals surface area contributed by atoms with Crippen LogP contribution in [0.2, 0.25) is 0 Å². The normalized spacial score (nSPS) is 22.8. The number of nitrogens with two attached hydrogens (primary N) is 1. The quantitative estimate of drug-likeness (QED) is 0.236. The summed E-state index contributed by atoms with van der Waals surface area (Å²) >= 11 is 1.79. The number of thioether (sulfide) groups is 1. The van der Waals surface area contributed by atoms with Crippen molar-refractivity contribution in [3.63, 3.8) is 0 Å². The standard InChI is InChI=1S/C28H36FN3O2S/c1-5-22(14-32-20(4)34-17-21-15-33-16-21)28(35-19(3)23-8-10-26(31)11-9-23)18(2)24-6-7-25(13-30)27(29)12-24/h5-7,12,14,19,21,23,26H,4,8-11,15-17,31H2,1-3H3/b22-5+,28-18+,32-14-. The first-order valence-corrected chi connectivity index (χ1v) is 13.1. The maximum absolute atomic E-state index is 14.4. The zero-order valence-corrected chi connectivity index (χ0v) is 21.7. The lowest BCUT2D eigenvalue weighted by molar-refractivity contribution is -0.0612. The molecule has 188 valence electrons. The third-order valence-corrected chi connectivity index (χ3v) is 8.30. The van der Waals surface area contributed by atoms with Gasteiger partial charge in [0, 0.05) is 33.9 Å². The van der Waals surface area contributed by atoms with Crippen molar-refractivity contribution >= 4 is 23.5 Å². The van der Waals surface area contributed by atoms with E-state index in [2.05, 4.69) is 18.5 Å². The number of ether oxygens (including phenoxy) is 2. The van der Waals surface area contributed by atoms with Crippen LogP contribution in [0, 0.1) is 29.0 Å². The molecular formula is C28H36FN3O2S. The zero-order chi connectivity index (χ0) is 25.4. The van der Waals surface area contributed by atoms with Crippen molar-refractivity contribution in [2.75, 3.05) is 19.8 Å². The van der Waals surface area contributed by atoms with Gasteiger partial charge in [0.1, 0.15) is 11.9 Å². The van der Waals surface area contributed by atoms with Crippen LogP contribution < -0.4 is 5.73 Å². The van der Waals surface area contributed by atoms with Crippen LogP contribution >= 0.6 is 11.8 Å². The highest BCUT2D eigenvalue weighted by molar-refractivity contribution is 8.04. The minimum atomic E-state index is -0.513. The molecule has 2 aliphatic rings. The van der Waals surface area contributed by atoms with Crippen molar-refractivity contribution in [3.8, 4) is 6.07 Å². The molecule has 2 fully saturated rings. The molecule has 7 heteroatoms. The predicted molar refractivity (Wildman–Crippen MR) is 142 cm³/mol. The summed E-state index contributed by atoms with van der Waals surface area (Å²) in [7, 11) is 0. The number of hydrogen-bond donors (Lipinski definition) is 1. The number of allylic oxidation sites excluding steroid dienone is 3. The van der Waals surface area contributed by atoms with E-state index in [4.69, 9.17) is 20.5 Å². The van der Waals surface area contributed by atoms with Crippen LogP contribution in [0.3, 0.4) is 0 Å². The summed E-state index contributed by atoms with van der Waals surface area (Å²) in [6, 6.07) is 6.97. The van der Waals surface area contributed by atoms with Gasteiger partial charge in [0.2, 0.25) is 5.88 Å². The van der Waals surface area contributed by atoms with Gasteiger partial charge in [-0.15, -0.1) is 11.8 Å². The number of nitrogens with zero attached hydrogens (tertiary/aromatic N) is 2. The van der Waals surface area contributed by atoms with Crippen molar-refractivity contribution < 1.29 is 13.9 Å². The van der Waals surface area contributed by atoms with Crippen molar-refractivity contribution in [2.45, 2.75) is 57.7 Å². The maximum Gasteiger partial charge on any atom is 0.205 e.